The van der Waals surface area contributed by atoms with Crippen molar-refractivity contribution in [2.45, 2.75) is 46.1 Å². The summed E-state index contributed by atoms with van der Waals surface area (Å²) >= 11 is 1.54. The number of carbonyl (C=O) groups excluding carboxylic acids is 1. The maximum atomic E-state index is 12.7. The zero-order chi connectivity index (χ0) is 17.1. The van der Waals surface area contributed by atoms with Crippen LogP contribution in [0.4, 0.5) is 5.69 Å². The predicted molar refractivity (Wildman–Crippen MR) is 109 cm³/mol. The molecular weight excluding hydrogens is 398 g/mol. The van der Waals surface area contributed by atoms with Crippen molar-refractivity contribution in [3.63, 3.8) is 0 Å². The van der Waals surface area contributed by atoms with E-state index < -0.39 is 0 Å². The largest absolute Gasteiger partial charge is 0.372 e. The number of nitrogens with one attached hydrogen (secondary N) is 1. The fourth-order valence-electron chi connectivity index (χ4n) is 3.40. The van der Waals surface area contributed by atoms with E-state index in [2.05, 4.69) is 18.7 Å². The molecule has 0 atom stereocenters. The van der Waals surface area contributed by atoms with Crippen LogP contribution < -0.4 is 9.70 Å². The quantitative estimate of drug-likeness (QED) is 0.707. The molecule has 1 aromatic carbocycles. The molecule has 3 rings (SSSR count). The van der Waals surface area contributed by atoms with Crippen LogP contribution in [0.1, 0.15) is 47.6 Å². The number of Topliss-reactive ketones (excluding diaryl/α,β-unsaturated/α-hetero) is 1. The summed E-state index contributed by atoms with van der Waals surface area (Å²) in [5, 5.41) is 8.19. The number of aromatic nitrogens is 1. The van der Waals surface area contributed by atoms with Gasteiger partial charge in [-0.05, 0) is 63.8 Å². The molecule has 0 spiro atoms. The number of carbonyl (C=O) groups is 1. The van der Waals surface area contributed by atoms with Gasteiger partial charge in [-0.15, -0.1) is 28.3 Å². The van der Waals surface area contributed by atoms with Gasteiger partial charge in [-0.1, -0.05) is 0 Å². The molecule has 25 heavy (non-hydrogen) atoms. The van der Waals surface area contributed by atoms with Crippen molar-refractivity contribution in [1.29, 1.82) is 5.41 Å². The van der Waals surface area contributed by atoms with E-state index in [1.165, 1.54) is 28.3 Å². The Morgan fingerprint density at radius 3 is 2.44 bits per heavy atom. The Morgan fingerprint density at radius 1 is 1.16 bits per heavy atom. The summed E-state index contributed by atoms with van der Waals surface area (Å²) in [6.07, 6.45) is 4.42. The molecule has 1 aromatic heterocycles. The number of hydrogen-bond acceptors (Lipinski definition) is 4. The predicted octanol–water partition coefficient (Wildman–Crippen LogP) is 4.21. The number of aryl methyl sites for hydroxylation is 1. The summed E-state index contributed by atoms with van der Waals surface area (Å²) in [7, 11) is 0. The smallest absolute Gasteiger partial charge is 0.182 e. The number of anilines is 1. The summed E-state index contributed by atoms with van der Waals surface area (Å²) in [6, 6.07) is 7.88. The van der Waals surface area contributed by atoms with E-state index in [0.717, 1.165) is 43.6 Å². The van der Waals surface area contributed by atoms with Crippen LogP contribution in [0, 0.1) is 5.41 Å². The van der Waals surface area contributed by atoms with Crippen LogP contribution in [0.3, 0.4) is 0 Å². The van der Waals surface area contributed by atoms with Crippen LogP contribution in [-0.4, -0.2) is 23.4 Å². The van der Waals surface area contributed by atoms with Crippen LogP contribution in [-0.2, 0) is 19.4 Å². The molecule has 6 heteroatoms. The van der Waals surface area contributed by atoms with Gasteiger partial charge in [0.05, 0.1) is 6.54 Å². The summed E-state index contributed by atoms with van der Waals surface area (Å²) < 4.78 is 1.92. The Morgan fingerprint density at radius 2 is 1.80 bits per heavy atom. The molecule has 136 valence electrons. The van der Waals surface area contributed by atoms with Gasteiger partial charge in [-0.25, -0.2) is 0 Å². The first-order valence-electron chi connectivity index (χ1n) is 8.78. The average molecular weight is 424 g/mol. The number of hydrogen-bond donors (Lipinski definition) is 1. The second kappa shape index (κ2) is 8.81. The lowest BCUT2D eigenvalue weighted by molar-refractivity contribution is 0.0969. The van der Waals surface area contributed by atoms with E-state index in [1.54, 1.807) is 0 Å². The molecule has 0 aliphatic heterocycles. The minimum Gasteiger partial charge on any atom is -0.372 e. The van der Waals surface area contributed by atoms with Crippen LogP contribution in [0.25, 0.3) is 0 Å². The number of halogens is 1. The van der Waals surface area contributed by atoms with Gasteiger partial charge >= 0.3 is 0 Å². The zero-order valence-corrected chi connectivity index (χ0v) is 17.4. The van der Waals surface area contributed by atoms with Crippen LogP contribution in [0.5, 0.6) is 0 Å². The highest BCUT2D eigenvalue weighted by molar-refractivity contribution is 8.93. The van der Waals surface area contributed by atoms with Gasteiger partial charge in [0, 0.05) is 34.9 Å². The first-order valence-corrected chi connectivity index (χ1v) is 9.59. The first kappa shape index (κ1) is 19.9. The maximum Gasteiger partial charge on any atom is 0.182 e. The summed E-state index contributed by atoms with van der Waals surface area (Å²) in [5.74, 6) is 0.0887. The minimum absolute atomic E-state index is 0. The Kier molecular flexibility index (Phi) is 7.02. The average Bonchev–Trinajstić information content (AvgIpc) is 2.92. The molecule has 0 saturated heterocycles. The lowest BCUT2D eigenvalue weighted by atomic mass is 10.0. The molecule has 0 unspecified atom stereocenters. The number of rotatable bonds is 6. The van der Waals surface area contributed by atoms with E-state index in [0.29, 0.717) is 4.80 Å². The second-order valence-electron chi connectivity index (χ2n) is 6.21. The van der Waals surface area contributed by atoms with Gasteiger partial charge in [-0.2, -0.15) is 0 Å². The number of thiazole rings is 1. The third-order valence-corrected chi connectivity index (χ3v) is 5.90. The first-order chi connectivity index (χ1) is 11.6. The molecule has 0 amide bonds. The third kappa shape index (κ3) is 4.23. The van der Waals surface area contributed by atoms with E-state index >= 15 is 0 Å². The highest BCUT2D eigenvalue weighted by Gasteiger charge is 2.19. The van der Waals surface area contributed by atoms with Crippen molar-refractivity contribution < 1.29 is 4.79 Å². The monoisotopic (exact) mass is 423 g/mol. The van der Waals surface area contributed by atoms with Crippen molar-refractivity contribution in [2.75, 3.05) is 18.0 Å². The van der Waals surface area contributed by atoms with E-state index in [4.69, 9.17) is 5.41 Å². The molecule has 4 nitrogen and oxygen atoms in total. The van der Waals surface area contributed by atoms with Gasteiger partial charge in [0.15, 0.2) is 10.6 Å². The Hall–Kier alpha value is -1.40. The van der Waals surface area contributed by atoms with Crippen LogP contribution in [0.15, 0.2) is 24.3 Å². The lowest BCUT2D eigenvalue weighted by Crippen LogP contribution is -2.23. The second-order valence-corrected chi connectivity index (χ2v) is 7.30. The van der Waals surface area contributed by atoms with E-state index in [1.807, 2.05) is 28.8 Å². The van der Waals surface area contributed by atoms with E-state index in [9.17, 15) is 4.79 Å². The molecule has 1 aliphatic carbocycles. The maximum absolute atomic E-state index is 12.7. The molecule has 0 fully saturated rings. The molecule has 1 aliphatic rings. The lowest BCUT2D eigenvalue weighted by Gasteiger charge is -2.21. The fraction of sp³-hybridized carbons (Fsp3) is 0.474. The number of benzene rings is 1. The standard InChI is InChI=1S/C19H25N3OS.BrH/c1-3-21(4-2)15-11-9-14(10-12-15)17(23)13-22-16-7-5-6-8-18(16)24-19(22)20;/h9-12,20H,3-8,13H2,1-2H3;1H. The number of ketones is 1. The SMILES string of the molecule is Br.CCN(CC)c1ccc(C(=O)Cn2c3c(sc2=N)CCCC3)cc1. The van der Waals surface area contributed by atoms with Gasteiger partial charge in [0.25, 0.3) is 0 Å². The highest BCUT2D eigenvalue weighted by atomic mass is 79.9. The van der Waals surface area contributed by atoms with Crippen molar-refractivity contribution in [1.82, 2.24) is 4.57 Å². The Bertz CT molecular complexity index is 775. The number of nitrogens with zero attached hydrogens (tertiary/aromatic N) is 2. The van der Waals surface area contributed by atoms with Crippen molar-refractivity contribution in [2.24, 2.45) is 0 Å². The summed E-state index contributed by atoms with van der Waals surface area (Å²) in [6.45, 7) is 6.48. The molecular formula is C19H26BrN3OS. The topological polar surface area (TPSA) is 49.1 Å². The minimum atomic E-state index is 0. The van der Waals surface area contributed by atoms with Gasteiger partial charge in [0.2, 0.25) is 0 Å². The van der Waals surface area contributed by atoms with Gasteiger partial charge in [0.1, 0.15) is 0 Å². The van der Waals surface area contributed by atoms with Crippen LogP contribution >= 0.6 is 28.3 Å². The molecule has 0 radical (unpaired) electrons. The zero-order valence-electron chi connectivity index (χ0n) is 14.9. The molecule has 2 aromatic rings. The summed E-state index contributed by atoms with van der Waals surface area (Å²) in [4.78, 5) is 16.7. The van der Waals surface area contributed by atoms with Gasteiger partial charge < -0.3 is 9.47 Å². The molecule has 0 saturated carbocycles. The van der Waals surface area contributed by atoms with E-state index in [-0.39, 0.29) is 29.3 Å². The van der Waals surface area contributed by atoms with Crippen molar-refractivity contribution in [3.8, 4) is 0 Å². The molecule has 1 N–H and O–H groups in total. The number of fused-ring (bicyclic) bond motifs is 1. The molecule has 0 bridgehead atoms. The van der Waals surface area contributed by atoms with Crippen LogP contribution in [0.2, 0.25) is 0 Å². The van der Waals surface area contributed by atoms with Crippen molar-refractivity contribution >= 4 is 39.8 Å². The highest BCUT2D eigenvalue weighted by Crippen LogP contribution is 2.24. The Labute approximate surface area is 163 Å². The molecule has 1 heterocycles. The Balaban J connectivity index is 0.00000225. The van der Waals surface area contributed by atoms with Gasteiger partial charge in [-0.3, -0.25) is 10.2 Å². The fourth-order valence-corrected chi connectivity index (χ4v) is 4.50. The third-order valence-electron chi connectivity index (χ3n) is 4.80. The summed E-state index contributed by atoms with van der Waals surface area (Å²) in [5.41, 5.74) is 3.09. The normalized spacial score (nSPS) is 13.0. The van der Waals surface area contributed by atoms with Crippen molar-refractivity contribution in [3.05, 3.63) is 45.2 Å².